The molecular weight excluding hydrogens is 272 g/mol. The minimum absolute atomic E-state index is 0.290. The number of carbonyl (C=O) groups is 4. The van der Waals surface area contributed by atoms with Gasteiger partial charge in [0.15, 0.2) is 0 Å². The van der Waals surface area contributed by atoms with E-state index in [-0.39, 0.29) is 13.1 Å². The Morgan fingerprint density at radius 3 is 2.40 bits per heavy atom. The van der Waals surface area contributed by atoms with Gasteiger partial charge in [0.05, 0.1) is 19.6 Å². The first kappa shape index (κ1) is 17.6. The van der Waals surface area contributed by atoms with Crippen LogP contribution < -0.4 is 21.7 Å². The molecule has 0 aliphatic heterocycles. The van der Waals surface area contributed by atoms with Gasteiger partial charge in [0.25, 0.3) is 0 Å². The summed E-state index contributed by atoms with van der Waals surface area (Å²) in [5, 5.41) is 15.4. The number of hydrogen-bond acceptors (Lipinski definition) is 5. The molecule has 6 N–H and O–H groups in total. The first-order chi connectivity index (χ1) is 9.36. The van der Waals surface area contributed by atoms with Gasteiger partial charge in [0.1, 0.15) is 6.04 Å². The van der Waals surface area contributed by atoms with Crippen LogP contribution in [0.2, 0.25) is 0 Å². The van der Waals surface area contributed by atoms with Crippen LogP contribution in [0.5, 0.6) is 0 Å². The number of rotatable bonds is 9. The van der Waals surface area contributed by atoms with Crippen molar-refractivity contribution in [1.82, 2.24) is 16.0 Å². The summed E-state index contributed by atoms with van der Waals surface area (Å²) in [5.41, 5.74) is 4.85. The van der Waals surface area contributed by atoms with E-state index in [4.69, 9.17) is 15.6 Å². The molecule has 114 valence electrons. The Morgan fingerprint density at radius 1 is 1.25 bits per heavy atom. The Hall–Kier alpha value is -2.36. The molecule has 10 nitrogen and oxygen atoms in total. The van der Waals surface area contributed by atoms with Crippen LogP contribution >= 0.6 is 0 Å². The topological polar surface area (TPSA) is 160 Å². The number of nitrogens with two attached hydrogens (primary N) is 1. The smallest absolute Gasteiger partial charge is 0.326 e. The molecule has 0 saturated carbocycles. The Balaban J connectivity index is 4.04. The lowest BCUT2D eigenvalue weighted by molar-refractivity contribution is -0.140. The van der Waals surface area contributed by atoms with E-state index < -0.39 is 36.3 Å². The van der Waals surface area contributed by atoms with E-state index in [1.165, 1.54) is 7.11 Å². The van der Waals surface area contributed by atoms with Crippen molar-refractivity contribution >= 4 is 23.8 Å². The SMILES string of the molecule is COCCNC(=O)CNC(=O)N[C@H](CC(N)=O)C(=O)O. The Morgan fingerprint density at radius 2 is 1.90 bits per heavy atom. The second kappa shape index (κ2) is 9.55. The number of carboxylic acids is 1. The minimum Gasteiger partial charge on any atom is -0.480 e. The Kier molecular flexibility index (Phi) is 8.43. The highest BCUT2D eigenvalue weighted by Crippen LogP contribution is 1.91. The molecule has 0 radical (unpaired) electrons. The van der Waals surface area contributed by atoms with Crippen molar-refractivity contribution in [3.63, 3.8) is 0 Å². The second-order valence-corrected chi connectivity index (χ2v) is 3.73. The van der Waals surface area contributed by atoms with E-state index in [0.717, 1.165) is 0 Å². The molecule has 10 heteroatoms. The molecule has 0 aromatic carbocycles. The van der Waals surface area contributed by atoms with Crippen molar-refractivity contribution in [2.75, 3.05) is 26.8 Å². The third-order valence-electron chi connectivity index (χ3n) is 2.05. The summed E-state index contributed by atoms with van der Waals surface area (Å²) in [6, 6.07) is -2.33. The first-order valence-electron chi connectivity index (χ1n) is 5.68. The molecule has 0 bridgehead atoms. The van der Waals surface area contributed by atoms with Gasteiger partial charge in [0.2, 0.25) is 11.8 Å². The summed E-state index contributed by atoms with van der Waals surface area (Å²) in [6.45, 7) is 0.286. The third kappa shape index (κ3) is 8.69. The van der Waals surface area contributed by atoms with Crippen molar-refractivity contribution in [1.29, 1.82) is 0 Å². The predicted molar refractivity (Wildman–Crippen MR) is 66.7 cm³/mol. The molecule has 0 aliphatic rings. The van der Waals surface area contributed by atoms with Crippen molar-refractivity contribution in [3.8, 4) is 0 Å². The number of aliphatic carboxylic acids is 1. The number of amides is 4. The summed E-state index contributed by atoms with van der Waals surface area (Å²) in [6.07, 6.45) is -0.539. The molecule has 0 fully saturated rings. The minimum atomic E-state index is -1.44. The molecule has 0 unspecified atom stereocenters. The maximum atomic E-state index is 11.3. The molecule has 0 saturated heterocycles. The van der Waals surface area contributed by atoms with Crippen molar-refractivity contribution in [2.24, 2.45) is 5.73 Å². The number of urea groups is 1. The molecule has 4 amide bonds. The summed E-state index contributed by atoms with van der Waals surface area (Å²) in [5.74, 6) is -2.72. The highest BCUT2D eigenvalue weighted by Gasteiger charge is 2.22. The quantitative estimate of drug-likeness (QED) is 0.292. The Labute approximate surface area is 115 Å². The zero-order chi connectivity index (χ0) is 15.5. The zero-order valence-electron chi connectivity index (χ0n) is 11.0. The normalized spacial score (nSPS) is 11.2. The average Bonchev–Trinajstić information content (AvgIpc) is 2.35. The van der Waals surface area contributed by atoms with Crippen LogP contribution in [0.4, 0.5) is 4.79 Å². The van der Waals surface area contributed by atoms with Gasteiger partial charge < -0.3 is 31.5 Å². The predicted octanol–water partition coefficient (Wildman–Crippen LogP) is -2.62. The van der Waals surface area contributed by atoms with Crippen LogP contribution in [0.3, 0.4) is 0 Å². The van der Waals surface area contributed by atoms with Gasteiger partial charge in [-0.3, -0.25) is 9.59 Å². The van der Waals surface area contributed by atoms with Crippen LogP contribution in [-0.2, 0) is 19.1 Å². The number of nitrogens with one attached hydrogen (secondary N) is 3. The number of ether oxygens (including phenoxy) is 1. The lowest BCUT2D eigenvalue weighted by Crippen LogP contribution is -2.49. The van der Waals surface area contributed by atoms with Crippen molar-refractivity contribution in [2.45, 2.75) is 12.5 Å². The van der Waals surface area contributed by atoms with E-state index in [2.05, 4.69) is 10.6 Å². The van der Waals surface area contributed by atoms with E-state index in [9.17, 15) is 19.2 Å². The summed E-state index contributed by atoms with van der Waals surface area (Å²) < 4.78 is 4.71. The van der Waals surface area contributed by atoms with Gasteiger partial charge in [-0.2, -0.15) is 0 Å². The molecule has 0 aromatic heterocycles. The number of primary amides is 1. The molecule has 0 spiro atoms. The zero-order valence-corrected chi connectivity index (χ0v) is 11.0. The maximum absolute atomic E-state index is 11.3. The first-order valence-corrected chi connectivity index (χ1v) is 5.68. The van der Waals surface area contributed by atoms with Crippen LogP contribution in [0.15, 0.2) is 0 Å². The van der Waals surface area contributed by atoms with E-state index in [1.54, 1.807) is 0 Å². The number of hydrogen-bond donors (Lipinski definition) is 5. The number of carbonyl (C=O) groups excluding carboxylic acids is 3. The Bertz CT molecular complexity index is 373. The van der Waals surface area contributed by atoms with Gasteiger partial charge in [-0.05, 0) is 0 Å². The molecule has 0 heterocycles. The van der Waals surface area contributed by atoms with Gasteiger partial charge in [-0.1, -0.05) is 0 Å². The van der Waals surface area contributed by atoms with Crippen LogP contribution in [0.25, 0.3) is 0 Å². The second-order valence-electron chi connectivity index (χ2n) is 3.73. The fourth-order valence-corrected chi connectivity index (χ4v) is 1.13. The summed E-state index contributed by atoms with van der Waals surface area (Å²) >= 11 is 0. The fraction of sp³-hybridized carbons (Fsp3) is 0.600. The van der Waals surface area contributed by atoms with Crippen LogP contribution in [-0.4, -0.2) is 61.8 Å². The van der Waals surface area contributed by atoms with Crippen LogP contribution in [0, 0.1) is 0 Å². The van der Waals surface area contributed by atoms with E-state index in [0.29, 0.717) is 6.61 Å². The number of methoxy groups -OCH3 is 1. The van der Waals surface area contributed by atoms with Gasteiger partial charge in [0, 0.05) is 13.7 Å². The molecule has 0 aliphatic carbocycles. The lowest BCUT2D eigenvalue weighted by atomic mass is 10.2. The fourth-order valence-electron chi connectivity index (χ4n) is 1.13. The van der Waals surface area contributed by atoms with Gasteiger partial charge >= 0.3 is 12.0 Å². The highest BCUT2D eigenvalue weighted by atomic mass is 16.5. The van der Waals surface area contributed by atoms with Crippen molar-refractivity contribution < 1.29 is 29.0 Å². The molecule has 0 rings (SSSR count). The van der Waals surface area contributed by atoms with E-state index >= 15 is 0 Å². The van der Waals surface area contributed by atoms with Crippen LogP contribution in [0.1, 0.15) is 6.42 Å². The molecule has 1 atom stereocenters. The summed E-state index contributed by atoms with van der Waals surface area (Å²) in [4.78, 5) is 43.9. The average molecular weight is 290 g/mol. The summed E-state index contributed by atoms with van der Waals surface area (Å²) in [7, 11) is 1.47. The molecular formula is C10H18N4O6. The van der Waals surface area contributed by atoms with Gasteiger partial charge in [-0.15, -0.1) is 0 Å². The van der Waals surface area contributed by atoms with Gasteiger partial charge in [-0.25, -0.2) is 9.59 Å². The van der Waals surface area contributed by atoms with Crippen molar-refractivity contribution in [3.05, 3.63) is 0 Å². The standard InChI is InChI=1S/C10H18N4O6/c1-20-3-2-12-8(16)5-13-10(19)14-6(9(17)18)4-7(11)15/h6H,2-5H2,1H3,(H2,11,15)(H,12,16)(H,17,18)(H2,13,14,19)/t6-/m1/s1. The molecule has 20 heavy (non-hydrogen) atoms. The largest absolute Gasteiger partial charge is 0.480 e. The monoisotopic (exact) mass is 290 g/mol. The third-order valence-corrected chi connectivity index (χ3v) is 2.05. The molecule has 0 aromatic rings. The lowest BCUT2D eigenvalue weighted by Gasteiger charge is -2.13. The van der Waals surface area contributed by atoms with E-state index in [1.807, 2.05) is 5.32 Å². The number of carboxylic acid groups (broad SMARTS) is 1. The highest BCUT2D eigenvalue weighted by molar-refractivity contribution is 5.89. The maximum Gasteiger partial charge on any atom is 0.326 e.